The van der Waals surface area contributed by atoms with E-state index in [0.29, 0.717) is 18.4 Å². The minimum absolute atomic E-state index is 0.109. The number of carbonyl (C=O) groups is 2. The molecule has 2 atom stereocenters. The second-order valence-electron chi connectivity index (χ2n) is 5.92. The first-order chi connectivity index (χ1) is 10.5. The summed E-state index contributed by atoms with van der Waals surface area (Å²) in [7, 11) is 0. The van der Waals surface area contributed by atoms with Crippen molar-refractivity contribution in [2.45, 2.75) is 33.1 Å². The summed E-state index contributed by atoms with van der Waals surface area (Å²) < 4.78 is 5.41. The van der Waals surface area contributed by atoms with Crippen molar-refractivity contribution in [3.63, 3.8) is 0 Å². The summed E-state index contributed by atoms with van der Waals surface area (Å²) in [6.07, 6.45) is 6.67. The van der Waals surface area contributed by atoms with E-state index in [2.05, 4.69) is 24.4 Å². The highest BCUT2D eigenvalue weighted by atomic mass is 16.5. The number of carbonyl (C=O) groups excluding carboxylic acids is 2. The molecule has 0 fully saturated rings. The van der Waals surface area contributed by atoms with Crippen molar-refractivity contribution in [3.8, 4) is 0 Å². The number of amides is 1. The standard InChI is InChI=1S/C18H23NO3/c1-13-5-3-4-6-16(13)12-22-18(21)11-15-7-9-17(10-8-15)19-14(2)20/h3-4,7-10,13,16H,5-6,11-12H2,1-2H3,(H,19,20). The van der Waals surface area contributed by atoms with Gasteiger partial charge in [0, 0.05) is 12.6 Å². The van der Waals surface area contributed by atoms with Crippen LogP contribution in [-0.4, -0.2) is 18.5 Å². The SMILES string of the molecule is CC(=O)Nc1ccc(CC(=O)OCC2CC=CCC2C)cc1. The molecule has 0 saturated carbocycles. The number of esters is 1. The van der Waals surface area contributed by atoms with E-state index in [1.807, 2.05) is 12.1 Å². The maximum absolute atomic E-state index is 11.9. The van der Waals surface area contributed by atoms with E-state index in [4.69, 9.17) is 4.74 Å². The zero-order chi connectivity index (χ0) is 15.9. The third-order valence-electron chi connectivity index (χ3n) is 4.00. The monoisotopic (exact) mass is 301 g/mol. The molecule has 0 heterocycles. The minimum Gasteiger partial charge on any atom is -0.465 e. The van der Waals surface area contributed by atoms with Crippen LogP contribution in [0, 0.1) is 11.8 Å². The summed E-state index contributed by atoms with van der Waals surface area (Å²) in [5.74, 6) is 0.683. The van der Waals surface area contributed by atoms with Gasteiger partial charge in [-0.3, -0.25) is 9.59 Å². The molecule has 1 aromatic rings. The number of ether oxygens (including phenoxy) is 1. The smallest absolute Gasteiger partial charge is 0.310 e. The van der Waals surface area contributed by atoms with Gasteiger partial charge in [0.15, 0.2) is 0 Å². The first kappa shape index (κ1) is 16.3. The molecule has 118 valence electrons. The fourth-order valence-electron chi connectivity index (χ4n) is 2.57. The molecule has 2 rings (SSSR count). The lowest BCUT2D eigenvalue weighted by Gasteiger charge is -2.24. The van der Waals surface area contributed by atoms with Gasteiger partial charge < -0.3 is 10.1 Å². The fraction of sp³-hybridized carbons (Fsp3) is 0.444. The minimum atomic E-state index is -0.200. The van der Waals surface area contributed by atoms with Crippen LogP contribution >= 0.6 is 0 Å². The fourth-order valence-corrected chi connectivity index (χ4v) is 2.57. The highest BCUT2D eigenvalue weighted by Gasteiger charge is 2.20. The Morgan fingerprint density at radius 3 is 2.50 bits per heavy atom. The summed E-state index contributed by atoms with van der Waals surface area (Å²) >= 11 is 0. The first-order valence-corrected chi connectivity index (χ1v) is 7.71. The maximum Gasteiger partial charge on any atom is 0.310 e. The van der Waals surface area contributed by atoms with Gasteiger partial charge >= 0.3 is 5.97 Å². The quantitative estimate of drug-likeness (QED) is 0.670. The number of nitrogens with one attached hydrogen (secondary N) is 1. The molecule has 2 unspecified atom stereocenters. The summed E-state index contributed by atoms with van der Waals surface area (Å²) in [5, 5.41) is 2.70. The number of benzene rings is 1. The lowest BCUT2D eigenvalue weighted by molar-refractivity contribution is -0.144. The van der Waals surface area contributed by atoms with Crippen molar-refractivity contribution in [2.75, 3.05) is 11.9 Å². The van der Waals surface area contributed by atoms with Crippen LogP contribution in [-0.2, 0) is 20.7 Å². The molecule has 22 heavy (non-hydrogen) atoms. The first-order valence-electron chi connectivity index (χ1n) is 7.71. The average molecular weight is 301 g/mol. The highest BCUT2D eigenvalue weighted by Crippen LogP contribution is 2.25. The molecule has 4 heteroatoms. The molecule has 4 nitrogen and oxygen atoms in total. The van der Waals surface area contributed by atoms with Crippen LogP contribution in [0.15, 0.2) is 36.4 Å². The van der Waals surface area contributed by atoms with E-state index >= 15 is 0 Å². The van der Waals surface area contributed by atoms with Crippen LogP contribution in [0.3, 0.4) is 0 Å². The molecule has 0 spiro atoms. The van der Waals surface area contributed by atoms with Gasteiger partial charge in [-0.2, -0.15) is 0 Å². The maximum atomic E-state index is 11.9. The molecule has 0 aromatic heterocycles. The largest absolute Gasteiger partial charge is 0.465 e. The predicted molar refractivity (Wildman–Crippen MR) is 86.4 cm³/mol. The number of rotatable bonds is 5. The molecule has 1 N–H and O–H groups in total. The number of allylic oxidation sites excluding steroid dienone is 2. The predicted octanol–water partition coefficient (Wildman–Crippen LogP) is 3.33. The van der Waals surface area contributed by atoms with Gasteiger partial charge in [0.25, 0.3) is 0 Å². The zero-order valence-corrected chi connectivity index (χ0v) is 13.2. The number of hydrogen-bond donors (Lipinski definition) is 1. The molecule has 1 aliphatic carbocycles. The Morgan fingerprint density at radius 2 is 1.86 bits per heavy atom. The van der Waals surface area contributed by atoms with Gasteiger partial charge in [-0.25, -0.2) is 0 Å². The van der Waals surface area contributed by atoms with Crippen LogP contribution in [0.1, 0.15) is 32.3 Å². The van der Waals surface area contributed by atoms with E-state index in [1.54, 1.807) is 12.1 Å². The van der Waals surface area contributed by atoms with Gasteiger partial charge in [-0.1, -0.05) is 31.2 Å². The van der Waals surface area contributed by atoms with Crippen LogP contribution in [0.4, 0.5) is 5.69 Å². The molecule has 0 radical (unpaired) electrons. The van der Waals surface area contributed by atoms with Crippen LogP contribution in [0.5, 0.6) is 0 Å². The average Bonchev–Trinajstić information content (AvgIpc) is 2.48. The summed E-state index contributed by atoms with van der Waals surface area (Å²) in [6.45, 7) is 4.16. The van der Waals surface area contributed by atoms with Crippen LogP contribution in [0.25, 0.3) is 0 Å². The van der Waals surface area contributed by atoms with Crippen molar-refractivity contribution < 1.29 is 14.3 Å². The van der Waals surface area contributed by atoms with Crippen LogP contribution in [0.2, 0.25) is 0 Å². The lowest BCUT2D eigenvalue weighted by atomic mass is 9.85. The lowest BCUT2D eigenvalue weighted by Crippen LogP contribution is -2.22. The molecule has 0 aliphatic heterocycles. The van der Waals surface area contributed by atoms with Crippen molar-refractivity contribution in [1.82, 2.24) is 0 Å². The molecule has 0 bridgehead atoms. The van der Waals surface area contributed by atoms with Gasteiger partial charge in [0.05, 0.1) is 13.0 Å². The van der Waals surface area contributed by atoms with E-state index in [9.17, 15) is 9.59 Å². The molecule has 1 amide bonds. The molecule has 0 saturated heterocycles. The Morgan fingerprint density at radius 1 is 1.18 bits per heavy atom. The van der Waals surface area contributed by atoms with E-state index in [1.165, 1.54) is 6.92 Å². The van der Waals surface area contributed by atoms with Crippen molar-refractivity contribution in [1.29, 1.82) is 0 Å². The topological polar surface area (TPSA) is 55.4 Å². The Kier molecular flexibility index (Phi) is 5.75. The Bertz CT molecular complexity index is 548. The number of anilines is 1. The third kappa shape index (κ3) is 5.02. The van der Waals surface area contributed by atoms with E-state index < -0.39 is 0 Å². The van der Waals surface area contributed by atoms with Gasteiger partial charge in [0.1, 0.15) is 0 Å². The van der Waals surface area contributed by atoms with Gasteiger partial charge in [-0.05, 0) is 42.4 Å². The Hall–Kier alpha value is -2.10. The van der Waals surface area contributed by atoms with E-state index in [-0.39, 0.29) is 18.3 Å². The van der Waals surface area contributed by atoms with Crippen molar-refractivity contribution in [2.24, 2.45) is 11.8 Å². The second kappa shape index (κ2) is 7.78. The molecular formula is C18H23NO3. The third-order valence-corrected chi connectivity index (χ3v) is 4.00. The normalized spacial score (nSPS) is 20.5. The highest BCUT2D eigenvalue weighted by molar-refractivity contribution is 5.88. The molecule has 1 aliphatic rings. The summed E-state index contributed by atoms with van der Waals surface area (Å²) in [5.41, 5.74) is 1.61. The Labute approximate surface area is 131 Å². The summed E-state index contributed by atoms with van der Waals surface area (Å²) in [4.78, 5) is 22.9. The Balaban J connectivity index is 1.79. The van der Waals surface area contributed by atoms with Crippen LogP contribution < -0.4 is 5.32 Å². The van der Waals surface area contributed by atoms with Crippen molar-refractivity contribution >= 4 is 17.6 Å². The van der Waals surface area contributed by atoms with Crippen molar-refractivity contribution in [3.05, 3.63) is 42.0 Å². The number of hydrogen-bond acceptors (Lipinski definition) is 3. The molecule has 1 aromatic carbocycles. The van der Waals surface area contributed by atoms with E-state index in [0.717, 1.165) is 24.1 Å². The summed E-state index contributed by atoms with van der Waals surface area (Å²) in [6, 6.07) is 7.24. The molecular weight excluding hydrogens is 278 g/mol. The van der Waals surface area contributed by atoms with Gasteiger partial charge in [0.2, 0.25) is 5.91 Å². The zero-order valence-electron chi connectivity index (χ0n) is 13.2. The second-order valence-corrected chi connectivity index (χ2v) is 5.92. The van der Waals surface area contributed by atoms with Gasteiger partial charge in [-0.15, -0.1) is 0 Å².